The zero-order valence-corrected chi connectivity index (χ0v) is 16.7. The maximum Gasteiger partial charge on any atom is 0.271 e. The van der Waals surface area contributed by atoms with Gasteiger partial charge in [0.1, 0.15) is 5.69 Å². The van der Waals surface area contributed by atoms with Gasteiger partial charge in [-0.15, -0.1) is 0 Å². The van der Waals surface area contributed by atoms with E-state index in [9.17, 15) is 9.59 Å². The predicted molar refractivity (Wildman–Crippen MR) is 106 cm³/mol. The lowest BCUT2D eigenvalue weighted by Crippen LogP contribution is -2.21. The molecule has 0 saturated heterocycles. The number of rotatable bonds is 4. The zero-order chi connectivity index (χ0) is 20.4. The van der Waals surface area contributed by atoms with Crippen molar-refractivity contribution in [2.45, 2.75) is 38.3 Å². The number of nitrogens with zero attached hydrogens (tertiary/aromatic N) is 2. The molecular weight excluding hydrogens is 380 g/mol. The van der Waals surface area contributed by atoms with Crippen LogP contribution in [0.4, 0.5) is 0 Å². The summed E-state index contributed by atoms with van der Waals surface area (Å²) >= 11 is 5.86. The number of nitrogens with one attached hydrogen (secondary N) is 1. The van der Waals surface area contributed by atoms with Gasteiger partial charge in [0, 0.05) is 18.1 Å². The fraction of sp³-hybridized carbons (Fsp3) is 0.450. The fourth-order valence-corrected chi connectivity index (χ4v) is 3.80. The standard InChI is InChI=1S/C14H15ClN4O2.C6H10O/c1-8(9-3-5-10(15)6-4-9)19-12(13(16)20)7-11(18-19)14(21)17-2;7-6-2-4-1-5(4)3-6/h3-8H,1-2H3,(H2,16,20)(H,17,21);4-7H,1-3H2/t;4-,5?,6?/m.0/s1. The van der Waals surface area contributed by atoms with Crippen molar-refractivity contribution in [1.82, 2.24) is 15.1 Å². The quantitative estimate of drug-likeness (QED) is 0.726. The minimum absolute atomic E-state index is 0.0729. The van der Waals surface area contributed by atoms with Gasteiger partial charge in [0.15, 0.2) is 5.69 Å². The minimum atomic E-state index is -0.640. The molecule has 2 fully saturated rings. The molecule has 3 unspecified atom stereocenters. The van der Waals surface area contributed by atoms with Gasteiger partial charge < -0.3 is 16.2 Å². The molecule has 0 spiro atoms. The van der Waals surface area contributed by atoms with Gasteiger partial charge in [0.05, 0.1) is 12.1 Å². The molecule has 0 bridgehead atoms. The molecule has 150 valence electrons. The first kappa shape index (κ1) is 20.4. The van der Waals surface area contributed by atoms with Crippen molar-refractivity contribution in [3.8, 4) is 0 Å². The van der Waals surface area contributed by atoms with Gasteiger partial charge in [-0.2, -0.15) is 5.10 Å². The second-order valence-electron chi connectivity index (χ2n) is 7.41. The molecule has 4 N–H and O–H groups in total. The Labute approximate surface area is 168 Å². The molecule has 2 aliphatic carbocycles. The zero-order valence-electron chi connectivity index (χ0n) is 15.9. The van der Waals surface area contributed by atoms with Gasteiger partial charge in [-0.05, 0) is 55.7 Å². The Morgan fingerprint density at radius 1 is 1.25 bits per heavy atom. The maximum absolute atomic E-state index is 11.6. The van der Waals surface area contributed by atoms with E-state index in [1.165, 1.54) is 24.2 Å². The largest absolute Gasteiger partial charge is 0.393 e. The van der Waals surface area contributed by atoms with Crippen LogP contribution in [-0.4, -0.2) is 39.9 Å². The number of carbonyl (C=O) groups is 2. The summed E-state index contributed by atoms with van der Waals surface area (Å²) in [5.74, 6) is 0.864. The third kappa shape index (κ3) is 4.54. The van der Waals surface area contributed by atoms with Crippen molar-refractivity contribution in [1.29, 1.82) is 0 Å². The molecule has 2 aliphatic rings. The molecule has 28 heavy (non-hydrogen) atoms. The van der Waals surface area contributed by atoms with Gasteiger partial charge in [0.25, 0.3) is 11.8 Å². The van der Waals surface area contributed by atoms with Crippen LogP contribution in [0.25, 0.3) is 0 Å². The molecular formula is C20H25ClN4O3. The minimum Gasteiger partial charge on any atom is -0.393 e. The molecule has 2 saturated carbocycles. The van der Waals surface area contributed by atoms with Crippen molar-refractivity contribution >= 4 is 23.4 Å². The molecule has 2 amide bonds. The van der Waals surface area contributed by atoms with E-state index < -0.39 is 5.91 Å². The van der Waals surface area contributed by atoms with E-state index in [-0.39, 0.29) is 29.4 Å². The molecule has 0 aliphatic heterocycles. The van der Waals surface area contributed by atoms with Gasteiger partial charge >= 0.3 is 0 Å². The number of fused-ring (bicyclic) bond motifs is 1. The second kappa shape index (κ2) is 8.32. The van der Waals surface area contributed by atoms with Crippen LogP contribution in [0, 0.1) is 11.8 Å². The number of halogens is 1. The number of nitrogens with two attached hydrogens (primary N) is 1. The number of carbonyl (C=O) groups excluding carboxylic acids is 2. The van der Waals surface area contributed by atoms with Crippen LogP contribution >= 0.6 is 11.6 Å². The van der Waals surface area contributed by atoms with Crippen LogP contribution in [0.15, 0.2) is 30.3 Å². The summed E-state index contributed by atoms with van der Waals surface area (Å²) in [6, 6.07) is 8.29. The van der Waals surface area contributed by atoms with Crippen LogP contribution in [0.5, 0.6) is 0 Å². The van der Waals surface area contributed by atoms with E-state index in [0.29, 0.717) is 5.02 Å². The van der Waals surface area contributed by atoms with Crippen LogP contribution in [0.1, 0.15) is 58.8 Å². The molecule has 7 nitrogen and oxygen atoms in total. The Morgan fingerprint density at radius 3 is 2.32 bits per heavy atom. The number of aliphatic hydroxyl groups excluding tert-OH is 1. The van der Waals surface area contributed by atoms with Crippen LogP contribution in [-0.2, 0) is 0 Å². The summed E-state index contributed by atoms with van der Waals surface area (Å²) in [5, 5.41) is 16.2. The highest BCUT2D eigenvalue weighted by atomic mass is 35.5. The van der Waals surface area contributed by atoms with Crippen molar-refractivity contribution in [3.05, 3.63) is 52.3 Å². The highest BCUT2D eigenvalue weighted by molar-refractivity contribution is 6.30. The number of aliphatic hydroxyl groups is 1. The normalized spacial score (nSPS) is 23.2. The second-order valence-corrected chi connectivity index (χ2v) is 7.85. The summed E-state index contributed by atoms with van der Waals surface area (Å²) in [6.45, 7) is 1.86. The Hall–Kier alpha value is -2.38. The van der Waals surface area contributed by atoms with Crippen molar-refractivity contribution in [2.24, 2.45) is 17.6 Å². The number of aromatic nitrogens is 2. The van der Waals surface area contributed by atoms with Gasteiger partial charge in [0.2, 0.25) is 0 Å². The lowest BCUT2D eigenvalue weighted by molar-refractivity contribution is 0.0955. The van der Waals surface area contributed by atoms with E-state index in [1.54, 1.807) is 12.1 Å². The van der Waals surface area contributed by atoms with Crippen LogP contribution in [0.3, 0.4) is 0 Å². The molecule has 4 rings (SSSR count). The first-order valence-corrected chi connectivity index (χ1v) is 9.73. The van der Waals surface area contributed by atoms with Crippen molar-refractivity contribution in [3.63, 3.8) is 0 Å². The van der Waals surface area contributed by atoms with Gasteiger partial charge in [-0.3, -0.25) is 14.3 Å². The summed E-state index contributed by atoms with van der Waals surface area (Å²) < 4.78 is 1.44. The van der Waals surface area contributed by atoms with E-state index in [4.69, 9.17) is 22.4 Å². The summed E-state index contributed by atoms with van der Waals surface area (Å²) in [7, 11) is 1.49. The summed E-state index contributed by atoms with van der Waals surface area (Å²) in [5.41, 5.74) is 6.58. The first-order valence-electron chi connectivity index (χ1n) is 9.35. The number of amides is 2. The smallest absolute Gasteiger partial charge is 0.271 e. The topological polar surface area (TPSA) is 110 Å². The lowest BCUT2D eigenvalue weighted by atomic mass is 10.1. The molecule has 1 heterocycles. The SMILES string of the molecule is CNC(=O)c1cc(C(N)=O)n(C(C)c2ccc(Cl)cc2)n1.OC1CC2C[C@H]2C1. The van der Waals surface area contributed by atoms with E-state index in [1.807, 2.05) is 19.1 Å². The van der Waals surface area contributed by atoms with Crippen molar-refractivity contribution in [2.75, 3.05) is 7.05 Å². The third-order valence-corrected chi connectivity index (χ3v) is 5.64. The van der Waals surface area contributed by atoms with E-state index >= 15 is 0 Å². The average Bonchev–Trinajstić information content (AvgIpc) is 3.08. The fourth-order valence-electron chi connectivity index (χ4n) is 3.68. The summed E-state index contributed by atoms with van der Waals surface area (Å²) in [4.78, 5) is 23.2. The summed E-state index contributed by atoms with van der Waals surface area (Å²) in [6.07, 6.45) is 3.69. The Morgan fingerprint density at radius 2 is 1.86 bits per heavy atom. The molecule has 8 heteroatoms. The Balaban J connectivity index is 0.000000264. The first-order chi connectivity index (χ1) is 13.3. The maximum atomic E-state index is 11.6. The molecule has 0 radical (unpaired) electrons. The molecule has 1 aromatic heterocycles. The van der Waals surface area contributed by atoms with Crippen LogP contribution in [0.2, 0.25) is 5.02 Å². The predicted octanol–water partition coefficient (Wildman–Crippen LogP) is 2.38. The third-order valence-electron chi connectivity index (χ3n) is 5.39. The Bertz CT molecular complexity index is 855. The highest BCUT2D eigenvalue weighted by Gasteiger charge is 2.45. The molecule has 1 aromatic carbocycles. The average molecular weight is 405 g/mol. The number of hydrogen-bond donors (Lipinski definition) is 3. The Kier molecular flexibility index (Phi) is 6.05. The molecule has 4 atom stereocenters. The van der Waals surface area contributed by atoms with Gasteiger partial charge in [-0.25, -0.2) is 0 Å². The van der Waals surface area contributed by atoms with Crippen molar-refractivity contribution < 1.29 is 14.7 Å². The van der Waals surface area contributed by atoms with E-state index in [0.717, 1.165) is 30.2 Å². The number of benzene rings is 1. The monoisotopic (exact) mass is 404 g/mol. The van der Waals surface area contributed by atoms with Crippen LogP contribution < -0.4 is 11.1 Å². The highest BCUT2D eigenvalue weighted by Crippen LogP contribution is 2.51. The molecule has 2 aromatic rings. The van der Waals surface area contributed by atoms with Gasteiger partial charge in [-0.1, -0.05) is 23.7 Å². The lowest BCUT2D eigenvalue weighted by Gasteiger charge is -2.15. The van der Waals surface area contributed by atoms with E-state index in [2.05, 4.69) is 10.4 Å². The number of primary amides is 1. The number of hydrogen-bond acceptors (Lipinski definition) is 4.